The summed E-state index contributed by atoms with van der Waals surface area (Å²) in [6, 6.07) is 4.44. The fraction of sp³-hybridized carbons (Fsp3) is 0.500. The second kappa shape index (κ2) is 6.64. The summed E-state index contributed by atoms with van der Waals surface area (Å²) < 4.78 is 0. The molecule has 0 aromatic heterocycles. The van der Waals surface area contributed by atoms with E-state index in [1.54, 1.807) is 12.1 Å². The molecule has 2 rings (SSSR count). The Morgan fingerprint density at radius 2 is 2.33 bits per heavy atom. The van der Waals surface area contributed by atoms with Gasteiger partial charge in [-0.25, -0.2) is 0 Å². The lowest BCUT2D eigenvalue weighted by atomic mass is 10.1. The second-order valence-corrected chi connectivity index (χ2v) is 5.41. The third-order valence-corrected chi connectivity index (χ3v) is 3.82. The predicted octanol–water partition coefficient (Wildman–Crippen LogP) is 0.735. The number of nitro benzene ring substituents is 1. The van der Waals surface area contributed by atoms with E-state index in [1.165, 1.54) is 6.07 Å². The number of hydrogen-bond donors (Lipinski definition) is 2. The SMILES string of the molecule is CNCC1CCN(Cc2ccc(C(N)=O)cc2[N+](=O)[O-])C1. The van der Waals surface area contributed by atoms with E-state index < -0.39 is 10.8 Å². The Morgan fingerprint density at radius 1 is 1.57 bits per heavy atom. The molecule has 3 N–H and O–H groups in total. The quantitative estimate of drug-likeness (QED) is 0.594. The summed E-state index contributed by atoms with van der Waals surface area (Å²) in [4.78, 5) is 24.0. The molecular formula is C14H20N4O3. The number of likely N-dealkylation sites (tertiary alicyclic amines) is 1. The molecule has 1 atom stereocenters. The van der Waals surface area contributed by atoms with Crippen molar-refractivity contribution in [2.75, 3.05) is 26.7 Å². The molecule has 0 spiro atoms. The number of nitrogens with one attached hydrogen (secondary N) is 1. The Balaban J connectivity index is 2.13. The molecule has 1 aliphatic rings. The number of hydrogen-bond acceptors (Lipinski definition) is 5. The van der Waals surface area contributed by atoms with Gasteiger partial charge in [0.15, 0.2) is 0 Å². The van der Waals surface area contributed by atoms with Gasteiger partial charge in [-0.05, 0) is 38.5 Å². The zero-order valence-corrected chi connectivity index (χ0v) is 12.0. The molecule has 0 bridgehead atoms. The van der Waals surface area contributed by atoms with Crippen LogP contribution in [0.4, 0.5) is 5.69 Å². The third kappa shape index (κ3) is 3.77. The van der Waals surface area contributed by atoms with Gasteiger partial charge in [-0.1, -0.05) is 6.07 Å². The molecule has 1 aliphatic heterocycles. The number of benzene rings is 1. The minimum Gasteiger partial charge on any atom is -0.366 e. The highest BCUT2D eigenvalue weighted by Gasteiger charge is 2.24. The van der Waals surface area contributed by atoms with Crippen molar-refractivity contribution < 1.29 is 9.72 Å². The molecule has 1 fully saturated rings. The normalized spacial score (nSPS) is 18.8. The molecule has 1 aromatic rings. The van der Waals surface area contributed by atoms with Crippen molar-refractivity contribution >= 4 is 11.6 Å². The number of rotatable bonds is 6. The first-order valence-corrected chi connectivity index (χ1v) is 6.95. The highest BCUT2D eigenvalue weighted by Crippen LogP contribution is 2.25. The number of nitro groups is 1. The molecule has 7 heteroatoms. The summed E-state index contributed by atoms with van der Waals surface area (Å²) in [5.74, 6) is -0.0705. The topological polar surface area (TPSA) is 102 Å². The van der Waals surface area contributed by atoms with Gasteiger partial charge in [0.2, 0.25) is 5.91 Å². The fourth-order valence-corrected chi connectivity index (χ4v) is 2.77. The Hall–Kier alpha value is -1.99. The van der Waals surface area contributed by atoms with Crippen molar-refractivity contribution in [2.45, 2.75) is 13.0 Å². The molecule has 1 amide bonds. The first-order chi connectivity index (χ1) is 10.0. The second-order valence-electron chi connectivity index (χ2n) is 5.41. The van der Waals surface area contributed by atoms with Gasteiger partial charge < -0.3 is 11.1 Å². The highest BCUT2D eigenvalue weighted by atomic mass is 16.6. The summed E-state index contributed by atoms with van der Waals surface area (Å²) in [7, 11) is 1.93. The maximum atomic E-state index is 11.2. The third-order valence-electron chi connectivity index (χ3n) is 3.82. The minimum absolute atomic E-state index is 0.0385. The van der Waals surface area contributed by atoms with Crippen molar-refractivity contribution in [1.82, 2.24) is 10.2 Å². The Bertz CT molecular complexity index is 547. The van der Waals surface area contributed by atoms with Crippen LogP contribution in [0.2, 0.25) is 0 Å². The largest absolute Gasteiger partial charge is 0.366 e. The van der Waals surface area contributed by atoms with Crippen LogP contribution in [-0.4, -0.2) is 42.4 Å². The van der Waals surface area contributed by atoms with Crippen LogP contribution in [0.1, 0.15) is 22.3 Å². The molecule has 0 radical (unpaired) electrons. The van der Waals surface area contributed by atoms with Crippen LogP contribution in [-0.2, 0) is 6.54 Å². The maximum Gasteiger partial charge on any atom is 0.274 e. The van der Waals surface area contributed by atoms with E-state index in [0.717, 1.165) is 26.1 Å². The van der Waals surface area contributed by atoms with E-state index in [4.69, 9.17) is 5.73 Å². The van der Waals surface area contributed by atoms with E-state index in [-0.39, 0.29) is 11.3 Å². The van der Waals surface area contributed by atoms with Crippen molar-refractivity contribution in [3.8, 4) is 0 Å². The van der Waals surface area contributed by atoms with Crippen molar-refractivity contribution in [1.29, 1.82) is 0 Å². The lowest BCUT2D eigenvalue weighted by Crippen LogP contribution is -2.24. The van der Waals surface area contributed by atoms with E-state index in [1.807, 2.05) is 7.05 Å². The number of nitrogens with zero attached hydrogens (tertiary/aromatic N) is 2. The number of primary amides is 1. The van der Waals surface area contributed by atoms with Crippen LogP contribution in [0.25, 0.3) is 0 Å². The van der Waals surface area contributed by atoms with Gasteiger partial charge in [-0.2, -0.15) is 0 Å². The number of carbonyl (C=O) groups excluding carboxylic acids is 1. The standard InChI is InChI=1S/C14H20N4O3/c1-16-7-10-4-5-17(8-10)9-12-3-2-11(14(15)19)6-13(12)18(20)21/h2-3,6,10,16H,4-5,7-9H2,1H3,(H2,15,19). The average Bonchev–Trinajstić information content (AvgIpc) is 2.86. The zero-order valence-electron chi connectivity index (χ0n) is 12.0. The summed E-state index contributed by atoms with van der Waals surface area (Å²) in [6.07, 6.45) is 1.09. The van der Waals surface area contributed by atoms with Gasteiger partial charge in [-0.3, -0.25) is 19.8 Å². The fourth-order valence-electron chi connectivity index (χ4n) is 2.77. The monoisotopic (exact) mass is 292 g/mol. The van der Waals surface area contributed by atoms with Gasteiger partial charge in [0.1, 0.15) is 0 Å². The average molecular weight is 292 g/mol. The lowest BCUT2D eigenvalue weighted by Gasteiger charge is -2.16. The van der Waals surface area contributed by atoms with Crippen LogP contribution in [0.3, 0.4) is 0 Å². The van der Waals surface area contributed by atoms with Gasteiger partial charge >= 0.3 is 0 Å². The predicted molar refractivity (Wildman–Crippen MR) is 78.9 cm³/mol. The summed E-state index contributed by atoms with van der Waals surface area (Å²) in [6.45, 7) is 3.34. The highest BCUT2D eigenvalue weighted by molar-refractivity contribution is 5.93. The molecule has 1 heterocycles. The van der Waals surface area contributed by atoms with Crippen LogP contribution >= 0.6 is 0 Å². The van der Waals surface area contributed by atoms with E-state index in [2.05, 4.69) is 10.2 Å². The Labute approximate surface area is 123 Å². The van der Waals surface area contributed by atoms with Crippen molar-refractivity contribution in [3.63, 3.8) is 0 Å². The Kier molecular flexibility index (Phi) is 4.87. The first kappa shape index (κ1) is 15.4. The maximum absolute atomic E-state index is 11.2. The number of amides is 1. The van der Waals surface area contributed by atoms with Crippen molar-refractivity contribution in [3.05, 3.63) is 39.4 Å². The Morgan fingerprint density at radius 3 is 2.95 bits per heavy atom. The van der Waals surface area contributed by atoms with E-state index in [9.17, 15) is 14.9 Å². The summed E-state index contributed by atoms with van der Waals surface area (Å²) in [5, 5.41) is 14.3. The van der Waals surface area contributed by atoms with Crippen LogP contribution < -0.4 is 11.1 Å². The van der Waals surface area contributed by atoms with Crippen LogP contribution in [0.15, 0.2) is 18.2 Å². The van der Waals surface area contributed by atoms with Gasteiger partial charge in [-0.15, -0.1) is 0 Å². The number of carbonyl (C=O) groups is 1. The molecule has 7 nitrogen and oxygen atoms in total. The smallest absolute Gasteiger partial charge is 0.274 e. The van der Waals surface area contributed by atoms with Gasteiger partial charge in [0, 0.05) is 30.3 Å². The molecule has 21 heavy (non-hydrogen) atoms. The summed E-state index contributed by atoms with van der Waals surface area (Å²) >= 11 is 0. The molecular weight excluding hydrogens is 272 g/mol. The summed E-state index contributed by atoms with van der Waals surface area (Å²) in [5.41, 5.74) is 5.92. The zero-order chi connectivity index (χ0) is 15.4. The van der Waals surface area contributed by atoms with Gasteiger partial charge in [0.25, 0.3) is 5.69 Å². The minimum atomic E-state index is -0.653. The molecule has 0 saturated carbocycles. The van der Waals surface area contributed by atoms with Crippen LogP contribution in [0, 0.1) is 16.0 Å². The van der Waals surface area contributed by atoms with Gasteiger partial charge in [0.05, 0.1) is 4.92 Å². The lowest BCUT2D eigenvalue weighted by molar-refractivity contribution is -0.385. The molecule has 0 aliphatic carbocycles. The first-order valence-electron chi connectivity index (χ1n) is 6.95. The van der Waals surface area contributed by atoms with Crippen LogP contribution in [0.5, 0.6) is 0 Å². The van der Waals surface area contributed by atoms with Crippen molar-refractivity contribution in [2.24, 2.45) is 11.7 Å². The molecule has 1 unspecified atom stereocenters. The molecule has 1 aromatic carbocycles. The van der Waals surface area contributed by atoms with E-state index >= 15 is 0 Å². The van der Waals surface area contributed by atoms with E-state index in [0.29, 0.717) is 18.0 Å². The molecule has 1 saturated heterocycles. The molecule has 114 valence electrons. The number of nitrogens with two attached hydrogens (primary N) is 1.